The van der Waals surface area contributed by atoms with Gasteiger partial charge in [-0.05, 0) is 32.0 Å². The van der Waals surface area contributed by atoms with Crippen LogP contribution in [-0.4, -0.2) is 14.4 Å². The van der Waals surface area contributed by atoms with Crippen molar-refractivity contribution in [2.24, 2.45) is 0 Å². The van der Waals surface area contributed by atoms with Gasteiger partial charge < -0.3 is 4.43 Å². The fourth-order valence-corrected chi connectivity index (χ4v) is 8.30. The molecule has 0 N–H and O–H groups in total. The van der Waals surface area contributed by atoms with Crippen molar-refractivity contribution in [1.82, 2.24) is 0 Å². The standard InChI is InChI=1S/C25H52OSi/c1-4-5-6-7-8-9-10-11-12-13-14-15-16-17-18-19-20-23-27(3)24-21-22-25(2)26-27/h25H,4-24H2,1-3H3. The second kappa shape index (κ2) is 17.1. The van der Waals surface area contributed by atoms with Crippen LogP contribution < -0.4 is 0 Å². The number of rotatable bonds is 18. The summed E-state index contributed by atoms with van der Waals surface area (Å²) in [5.41, 5.74) is 0. The number of hydrogen-bond donors (Lipinski definition) is 0. The average Bonchev–Trinajstić information content (AvgIpc) is 2.64. The van der Waals surface area contributed by atoms with Crippen LogP contribution >= 0.6 is 0 Å². The highest BCUT2D eigenvalue weighted by Gasteiger charge is 2.33. The molecule has 0 aromatic rings. The van der Waals surface area contributed by atoms with Crippen LogP contribution in [0.1, 0.15) is 136 Å². The van der Waals surface area contributed by atoms with Gasteiger partial charge in [0.25, 0.3) is 0 Å². The smallest absolute Gasteiger partial charge is 0.190 e. The summed E-state index contributed by atoms with van der Waals surface area (Å²) in [7, 11) is -1.31. The normalized spacial score (nSPS) is 23.0. The Morgan fingerprint density at radius 2 is 1.07 bits per heavy atom. The first kappa shape index (κ1) is 25.2. The van der Waals surface area contributed by atoms with Gasteiger partial charge in [-0.15, -0.1) is 0 Å². The lowest BCUT2D eigenvalue weighted by Gasteiger charge is -2.35. The first-order valence-electron chi connectivity index (χ1n) is 12.8. The Morgan fingerprint density at radius 3 is 1.48 bits per heavy atom. The van der Waals surface area contributed by atoms with Gasteiger partial charge in [-0.2, -0.15) is 0 Å². The molecule has 1 fully saturated rings. The molecular formula is C25H52OSi. The van der Waals surface area contributed by atoms with Crippen LogP contribution in [0.5, 0.6) is 0 Å². The molecule has 0 bridgehead atoms. The second-order valence-corrected chi connectivity index (χ2v) is 13.8. The third-order valence-corrected chi connectivity index (χ3v) is 10.4. The summed E-state index contributed by atoms with van der Waals surface area (Å²) in [5.74, 6) is 0. The summed E-state index contributed by atoms with van der Waals surface area (Å²) >= 11 is 0. The van der Waals surface area contributed by atoms with Gasteiger partial charge >= 0.3 is 0 Å². The molecule has 1 saturated heterocycles. The third kappa shape index (κ3) is 14.8. The number of hydrogen-bond acceptors (Lipinski definition) is 1. The van der Waals surface area contributed by atoms with Gasteiger partial charge in [0.15, 0.2) is 8.32 Å². The maximum Gasteiger partial charge on any atom is 0.190 e. The van der Waals surface area contributed by atoms with E-state index in [-0.39, 0.29) is 0 Å². The van der Waals surface area contributed by atoms with Gasteiger partial charge in [0.1, 0.15) is 0 Å². The first-order chi connectivity index (χ1) is 13.2. The highest BCUT2D eigenvalue weighted by Crippen LogP contribution is 2.30. The van der Waals surface area contributed by atoms with E-state index in [1.165, 1.54) is 134 Å². The van der Waals surface area contributed by atoms with E-state index in [2.05, 4.69) is 20.4 Å². The summed E-state index contributed by atoms with van der Waals surface area (Å²) in [6.07, 6.45) is 28.1. The van der Waals surface area contributed by atoms with Crippen LogP contribution in [0, 0.1) is 0 Å². The molecule has 0 aromatic heterocycles. The van der Waals surface area contributed by atoms with E-state index in [0.717, 1.165) is 0 Å². The molecule has 2 heteroatoms. The van der Waals surface area contributed by atoms with Crippen molar-refractivity contribution < 1.29 is 4.43 Å². The fourth-order valence-electron chi connectivity index (χ4n) is 4.77. The molecule has 0 radical (unpaired) electrons. The highest BCUT2D eigenvalue weighted by atomic mass is 28.4. The molecule has 1 rings (SSSR count). The molecule has 0 aliphatic carbocycles. The largest absolute Gasteiger partial charge is 0.414 e. The lowest BCUT2D eigenvalue weighted by atomic mass is 10.0. The topological polar surface area (TPSA) is 9.23 Å². The molecule has 0 aromatic carbocycles. The van der Waals surface area contributed by atoms with Crippen molar-refractivity contribution in [3.8, 4) is 0 Å². The van der Waals surface area contributed by atoms with E-state index in [1.54, 1.807) is 0 Å². The van der Waals surface area contributed by atoms with E-state index in [4.69, 9.17) is 4.43 Å². The summed E-state index contributed by atoms with van der Waals surface area (Å²) < 4.78 is 6.34. The molecule has 162 valence electrons. The zero-order valence-corrected chi connectivity index (χ0v) is 20.3. The summed E-state index contributed by atoms with van der Waals surface area (Å²) in [6.45, 7) is 7.06. The predicted octanol–water partition coefficient (Wildman–Crippen LogP) is 9.41. The summed E-state index contributed by atoms with van der Waals surface area (Å²) in [4.78, 5) is 0. The minimum Gasteiger partial charge on any atom is -0.414 e. The van der Waals surface area contributed by atoms with Crippen molar-refractivity contribution in [2.75, 3.05) is 0 Å². The zero-order chi connectivity index (χ0) is 19.6. The maximum absolute atomic E-state index is 6.34. The first-order valence-corrected chi connectivity index (χ1v) is 15.7. The van der Waals surface area contributed by atoms with Crippen molar-refractivity contribution >= 4 is 8.32 Å². The summed E-state index contributed by atoms with van der Waals surface area (Å²) in [6, 6.07) is 2.83. The predicted molar refractivity (Wildman–Crippen MR) is 125 cm³/mol. The Labute approximate surface area is 173 Å². The molecule has 0 amide bonds. The molecular weight excluding hydrogens is 344 g/mol. The lowest BCUT2D eigenvalue weighted by molar-refractivity contribution is 0.175. The van der Waals surface area contributed by atoms with Gasteiger partial charge in [-0.3, -0.25) is 0 Å². The minimum absolute atomic E-state index is 0.543. The Morgan fingerprint density at radius 1 is 0.667 bits per heavy atom. The zero-order valence-electron chi connectivity index (χ0n) is 19.3. The van der Waals surface area contributed by atoms with E-state index in [0.29, 0.717) is 6.10 Å². The van der Waals surface area contributed by atoms with E-state index in [1.807, 2.05) is 0 Å². The van der Waals surface area contributed by atoms with E-state index < -0.39 is 8.32 Å². The molecule has 2 atom stereocenters. The molecule has 27 heavy (non-hydrogen) atoms. The third-order valence-electron chi connectivity index (χ3n) is 6.61. The molecule has 1 aliphatic rings. The van der Waals surface area contributed by atoms with Crippen molar-refractivity contribution in [3.05, 3.63) is 0 Å². The Hall–Kier alpha value is 0.177. The maximum atomic E-state index is 6.34. The molecule has 0 spiro atoms. The van der Waals surface area contributed by atoms with Crippen LogP contribution in [0.3, 0.4) is 0 Å². The molecule has 1 nitrogen and oxygen atoms in total. The van der Waals surface area contributed by atoms with Gasteiger partial charge in [0.2, 0.25) is 0 Å². The average molecular weight is 397 g/mol. The van der Waals surface area contributed by atoms with E-state index in [9.17, 15) is 0 Å². The summed E-state index contributed by atoms with van der Waals surface area (Å²) in [5, 5.41) is 0. The highest BCUT2D eigenvalue weighted by molar-refractivity contribution is 6.72. The van der Waals surface area contributed by atoms with Crippen LogP contribution in [0.2, 0.25) is 18.6 Å². The molecule has 0 saturated carbocycles. The minimum atomic E-state index is -1.31. The second-order valence-electron chi connectivity index (χ2n) is 9.68. The molecule has 1 aliphatic heterocycles. The number of unbranched alkanes of at least 4 members (excludes halogenated alkanes) is 16. The van der Waals surface area contributed by atoms with Gasteiger partial charge in [-0.25, -0.2) is 0 Å². The molecule has 2 unspecified atom stereocenters. The van der Waals surface area contributed by atoms with Crippen LogP contribution in [-0.2, 0) is 4.43 Å². The Bertz CT molecular complexity index is 319. The molecule has 1 heterocycles. The Kier molecular flexibility index (Phi) is 15.9. The monoisotopic (exact) mass is 396 g/mol. The van der Waals surface area contributed by atoms with Crippen molar-refractivity contribution in [3.63, 3.8) is 0 Å². The quantitative estimate of drug-likeness (QED) is 0.165. The SMILES string of the molecule is CCCCCCCCCCCCCCCCCCC[Si]1(C)CCCC(C)O1. The fraction of sp³-hybridized carbons (Fsp3) is 1.00. The Balaban J connectivity index is 1.74. The van der Waals surface area contributed by atoms with Crippen LogP contribution in [0.15, 0.2) is 0 Å². The van der Waals surface area contributed by atoms with E-state index >= 15 is 0 Å². The van der Waals surface area contributed by atoms with Gasteiger partial charge in [-0.1, -0.05) is 122 Å². The van der Waals surface area contributed by atoms with Gasteiger partial charge in [0.05, 0.1) is 0 Å². The van der Waals surface area contributed by atoms with Crippen LogP contribution in [0.4, 0.5) is 0 Å². The van der Waals surface area contributed by atoms with Crippen molar-refractivity contribution in [1.29, 1.82) is 0 Å². The van der Waals surface area contributed by atoms with Crippen LogP contribution in [0.25, 0.3) is 0 Å². The lowest BCUT2D eigenvalue weighted by Crippen LogP contribution is -2.41. The van der Waals surface area contributed by atoms with Crippen molar-refractivity contribution in [2.45, 2.75) is 161 Å². The van der Waals surface area contributed by atoms with Gasteiger partial charge in [0, 0.05) is 6.10 Å².